The third kappa shape index (κ3) is 4.33. The third-order valence-corrected chi connectivity index (χ3v) is 9.55. The van der Waals surface area contributed by atoms with E-state index < -0.39 is 0 Å². The minimum absolute atomic E-state index is 0.634. The van der Waals surface area contributed by atoms with Gasteiger partial charge in [0.2, 0.25) is 5.95 Å². The lowest BCUT2D eigenvalue weighted by Crippen LogP contribution is -2.05. The molecule has 5 nitrogen and oxygen atoms in total. The first-order chi connectivity index (χ1) is 24.3. The van der Waals surface area contributed by atoms with Crippen molar-refractivity contribution in [3.63, 3.8) is 0 Å². The minimum Gasteiger partial charge on any atom is -0.316 e. The molecule has 0 radical (unpaired) electrons. The maximum atomic E-state index is 5.46. The second-order valence-corrected chi connectivity index (χ2v) is 12.3. The largest absolute Gasteiger partial charge is 0.316 e. The van der Waals surface area contributed by atoms with Crippen LogP contribution in [0.4, 0.5) is 0 Å². The Bertz CT molecular complexity index is 2810. The molecule has 4 heterocycles. The van der Waals surface area contributed by atoms with Crippen LogP contribution in [-0.2, 0) is 0 Å². The van der Waals surface area contributed by atoms with Crippen LogP contribution in [0.3, 0.4) is 0 Å². The summed E-state index contributed by atoms with van der Waals surface area (Å²) >= 11 is 0. The van der Waals surface area contributed by atoms with Gasteiger partial charge >= 0.3 is 0 Å². The number of aromatic nitrogens is 5. The summed E-state index contributed by atoms with van der Waals surface area (Å²) in [6, 6.07) is 57.5. The summed E-state index contributed by atoms with van der Waals surface area (Å²) in [5.74, 6) is 0.634. The van der Waals surface area contributed by atoms with Gasteiger partial charge in [-0.15, -0.1) is 0 Å². The number of benzene rings is 6. The van der Waals surface area contributed by atoms with Crippen molar-refractivity contribution in [2.24, 2.45) is 0 Å². The van der Waals surface area contributed by atoms with Gasteiger partial charge in [-0.2, -0.15) is 4.98 Å². The highest BCUT2D eigenvalue weighted by Crippen LogP contribution is 2.39. The van der Waals surface area contributed by atoms with E-state index in [0.717, 1.165) is 61.2 Å². The van der Waals surface area contributed by atoms with E-state index in [1.165, 1.54) is 16.3 Å². The first-order valence-corrected chi connectivity index (χ1v) is 16.5. The van der Waals surface area contributed by atoms with Gasteiger partial charge in [0.1, 0.15) is 0 Å². The Morgan fingerprint density at radius 1 is 0.388 bits per heavy atom. The molecular formula is C44H29N5. The molecule has 230 valence electrons. The monoisotopic (exact) mass is 627 g/mol. The van der Waals surface area contributed by atoms with Gasteiger partial charge in [-0.1, -0.05) is 109 Å². The van der Waals surface area contributed by atoms with E-state index in [9.17, 15) is 0 Å². The number of fused-ring (bicyclic) bond motifs is 6. The second-order valence-electron chi connectivity index (χ2n) is 12.3. The number of para-hydroxylation sites is 3. The zero-order chi connectivity index (χ0) is 32.3. The van der Waals surface area contributed by atoms with Gasteiger partial charge in [0.05, 0.1) is 22.2 Å². The summed E-state index contributed by atoms with van der Waals surface area (Å²) in [4.78, 5) is 10.9. The third-order valence-electron chi connectivity index (χ3n) is 9.55. The molecule has 5 heteroatoms. The molecule has 0 bridgehead atoms. The fourth-order valence-corrected chi connectivity index (χ4v) is 7.29. The maximum Gasteiger partial charge on any atom is 0.237 e. The molecular weight excluding hydrogens is 599 g/mol. The van der Waals surface area contributed by atoms with Gasteiger partial charge in [0.25, 0.3) is 0 Å². The van der Waals surface area contributed by atoms with Crippen LogP contribution < -0.4 is 0 Å². The molecule has 10 aromatic rings. The zero-order valence-electron chi connectivity index (χ0n) is 26.5. The quantitative estimate of drug-likeness (QED) is 0.190. The standard InChI is InChI=1S/C44H29N5/c1-4-13-30(14-5-1)31-15-12-16-32(29-31)41-38-26-28-48(34-19-8-3-9-20-34)43(38)46-44(45-41)49-40-22-11-10-21-35(40)36-23-24-39-37(42(36)49)25-27-47(39)33-17-6-2-7-18-33/h1-29H. The molecule has 49 heavy (non-hydrogen) atoms. The summed E-state index contributed by atoms with van der Waals surface area (Å²) < 4.78 is 6.68. The fraction of sp³-hybridized carbons (Fsp3) is 0. The number of hydrogen-bond acceptors (Lipinski definition) is 2. The highest BCUT2D eigenvalue weighted by molar-refractivity contribution is 6.18. The zero-order valence-corrected chi connectivity index (χ0v) is 26.5. The number of rotatable bonds is 5. The molecule has 6 aromatic carbocycles. The van der Waals surface area contributed by atoms with Crippen LogP contribution in [0.1, 0.15) is 0 Å². The first kappa shape index (κ1) is 27.4. The van der Waals surface area contributed by atoms with Crippen molar-refractivity contribution in [2.45, 2.75) is 0 Å². The summed E-state index contributed by atoms with van der Waals surface area (Å²) in [6.45, 7) is 0. The van der Waals surface area contributed by atoms with Gasteiger partial charge < -0.3 is 9.13 Å². The van der Waals surface area contributed by atoms with E-state index >= 15 is 0 Å². The average molecular weight is 628 g/mol. The molecule has 4 aromatic heterocycles. The van der Waals surface area contributed by atoms with Gasteiger partial charge in [0, 0.05) is 50.9 Å². The first-order valence-electron chi connectivity index (χ1n) is 16.5. The Balaban J connectivity index is 1.30. The minimum atomic E-state index is 0.634. The molecule has 0 aliphatic heterocycles. The van der Waals surface area contributed by atoms with Crippen molar-refractivity contribution in [1.29, 1.82) is 0 Å². The van der Waals surface area contributed by atoms with Crippen molar-refractivity contribution in [2.75, 3.05) is 0 Å². The average Bonchev–Trinajstić information content (AvgIpc) is 3.90. The van der Waals surface area contributed by atoms with Gasteiger partial charge in [-0.05, 0) is 65.7 Å². The summed E-state index contributed by atoms with van der Waals surface area (Å²) in [7, 11) is 0. The molecule has 0 N–H and O–H groups in total. The summed E-state index contributed by atoms with van der Waals surface area (Å²) in [5, 5.41) is 4.48. The predicted octanol–water partition coefficient (Wildman–Crippen LogP) is 10.8. The molecule has 0 amide bonds. The fourth-order valence-electron chi connectivity index (χ4n) is 7.29. The van der Waals surface area contributed by atoms with E-state index in [1.54, 1.807) is 0 Å². The van der Waals surface area contributed by atoms with Crippen LogP contribution in [0.2, 0.25) is 0 Å². The van der Waals surface area contributed by atoms with E-state index in [1.807, 2.05) is 6.07 Å². The van der Waals surface area contributed by atoms with Crippen LogP contribution in [0.25, 0.3) is 83.4 Å². The van der Waals surface area contributed by atoms with Crippen molar-refractivity contribution in [1.82, 2.24) is 23.7 Å². The van der Waals surface area contributed by atoms with E-state index in [4.69, 9.17) is 9.97 Å². The lowest BCUT2D eigenvalue weighted by atomic mass is 10.0. The normalized spacial score (nSPS) is 11.7. The Morgan fingerprint density at radius 3 is 1.82 bits per heavy atom. The smallest absolute Gasteiger partial charge is 0.237 e. The molecule has 0 saturated heterocycles. The molecule has 0 aliphatic rings. The van der Waals surface area contributed by atoms with Crippen LogP contribution >= 0.6 is 0 Å². The molecule has 10 rings (SSSR count). The van der Waals surface area contributed by atoms with Crippen molar-refractivity contribution in [3.8, 4) is 39.7 Å². The van der Waals surface area contributed by atoms with Crippen LogP contribution in [0.15, 0.2) is 176 Å². The molecule has 0 unspecified atom stereocenters. The number of hydrogen-bond donors (Lipinski definition) is 0. The van der Waals surface area contributed by atoms with Gasteiger partial charge in [-0.25, -0.2) is 4.98 Å². The van der Waals surface area contributed by atoms with Crippen LogP contribution in [0.5, 0.6) is 0 Å². The SMILES string of the molecule is c1ccc(-c2cccc(-c3nc(-n4c5ccccc5c5ccc6c(ccn6-c6ccccc6)c54)nc4c3ccn4-c3ccccc3)c2)cc1. The lowest BCUT2D eigenvalue weighted by Gasteiger charge is -2.13. The maximum absolute atomic E-state index is 5.46. The van der Waals surface area contributed by atoms with Gasteiger partial charge in [0.15, 0.2) is 5.65 Å². The van der Waals surface area contributed by atoms with E-state index in [0.29, 0.717) is 5.95 Å². The highest BCUT2D eigenvalue weighted by Gasteiger charge is 2.21. The Hall–Kier alpha value is -6.72. The molecule has 0 aliphatic carbocycles. The lowest BCUT2D eigenvalue weighted by molar-refractivity contribution is 0.990. The van der Waals surface area contributed by atoms with Crippen molar-refractivity contribution < 1.29 is 0 Å². The molecule has 0 saturated carbocycles. The Kier molecular flexibility index (Phi) is 6.11. The summed E-state index contributed by atoms with van der Waals surface area (Å²) in [6.07, 6.45) is 4.26. The van der Waals surface area contributed by atoms with E-state index in [-0.39, 0.29) is 0 Å². The van der Waals surface area contributed by atoms with E-state index in [2.05, 4.69) is 184 Å². The Morgan fingerprint density at radius 2 is 1.02 bits per heavy atom. The molecule has 0 fully saturated rings. The number of nitrogens with zero attached hydrogens (tertiary/aromatic N) is 5. The highest BCUT2D eigenvalue weighted by atomic mass is 15.2. The second kappa shape index (κ2) is 10.9. The van der Waals surface area contributed by atoms with Crippen molar-refractivity contribution in [3.05, 3.63) is 176 Å². The Labute approximate surface area is 282 Å². The summed E-state index contributed by atoms with van der Waals surface area (Å²) in [5.41, 5.74) is 10.6. The van der Waals surface area contributed by atoms with Crippen LogP contribution in [-0.4, -0.2) is 23.7 Å². The molecule has 0 atom stereocenters. The van der Waals surface area contributed by atoms with Crippen molar-refractivity contribution >= 4 is 43.7 Å². The van der Waals surface area contributed by atoms with Crippen LogP contribution in [0, 0.1) is 0 Å². The topological polar surface area (TPSA) is 40.6 Å². The molecule has 0 spiro atoms. The van der Waals surface area contributed by atoms with Gasteiger partial charge in [-0.3, -0.25) is 4.57 Å². The predicted molar refractivity (Wildman–Crippen MR) is 201 cm³/mol.